The molecule has 2 N–H and O–H groups in total. The smallest absolute Gasteiger partial charge is 0.336 e. The van der Waals surface area contributed by atoms with Crippen molar-refractivity contribution in [3.63, 3.8) is 0 Å². The van der Waals surface area contributed by atoms with Gasteiger partial charge in [0.1, 0.15) is 18.0 Å². The minimum atomic E-state index is -1.14. The number of benzene rings is 2. The minimum Gasteiger partial charge on any atom is -0.491 e. The van der Waals surface area contributed by atoms with E-state index >= 15 is 0 Å². The highest BCUT2D eigenvalue weighted by molar-refractivity contribution is 5.97. The van der Waals surface area contributed by atoms with E-state index in [4.69, 9.17) is 19.3 Å². The fourth-order valence-electron chi connectivity index (χ4n) is 2.84. The van der Waals surface area contributed by atoms with E-state index in [1.54, 1.807) is 12.1 Å². The molecule has 0 aromatic heterocycles. The van der Waals surface area contributed by atoms with Crippen molar-refractivity contribution >= 4 is 23.9 Å². The summed E-state index contributed by atoms with van der Waals surface area (Å²) in [6.45, 7) is 7.09. The zero-order valence-electron chi connectivity index (χ0n) is 18.6. The maximum Gasteiger partial charge on any atom is 0.336 e. The Balaban J connectivity index is 1.68. The molecule has 2 rings (SSSR count). The molecule has 8 nitrogen and oxygen atoms in total. The summed E-state index contributed by atoms with van der Waals surface area (Å²) in [6, 6.07) is 11.8. The molecule has 0 aliphatic carbocycles. The Hall–Kier alpha value is -3.39. The summed E-state index contributed by atoms with van der Waals surface area (Å²) in [5.41, 5.74) is 1.01. The second kappa shape index (κ2) is 11.9. The summed E-state index contributed by atoms with van der Waals surface area (Å²) in [6.07, 6.45) is 0.695. The second-order valence-corrected chi connectivity index (χ2v) is 8.02. The quantitative estimate of drug-likeness (QED) is 0.291. The number of aromatic carboxylic acids is 1. The third kappa shape index (κ3) is 8.77. The average molecular weight is 443 g/mol. The van der Waals surface area contributed by atoms with E-state index in [9.17, 15) is 14.4 Å². The maximum absolute atomic E-state index is 12.0. The van der Waals surface area contributed by atoms with Crippen molar-refractivity contribution < 1.29 is 33.7 Å². The number of carboxylic acids is 1. The molecule has 0 heterocycles. The van der Waals surface area contributed by atoms with Crippen molar-refractivity contribution in [1.29, 1.82) is 0 Å². The number of hydrogen-bond acceptors (Lipinski definition) is 7. The molecular weight excluding hydrogens is 414 g/mol. The van der Waals surface area contributed by atoms with Gasteiger partial charge in [0, 0.05) is 17.8 Å². The molecule has 0 fully saturated rings. The fraction of sp³-hybridized carbons (Fsp3) is 0.375. The van der Waals surface area contributed by atoms with Crippen LogP contribution < -0.4 is 10.1 Å². The number of anilines is 1. The largest absolute Gasteiger partial charge is 0.491 e. The van der Waals surface area contributed by atoms with E-state index in [0.29, 0.717) is 44.1 Å². The summed E-state index contributed by atoms with van der Waals surface area (Å²) in [5, 5.41) is 12.1. The summed E-state index contributed by atoms with van der Waals surface area (Å²) >= 11 is 0. The van der Waals surface area contributed by atoms with Crippen LogP contribution in [-0.4, -0.2) is 55.3 Å². The number of ether oxygens (including phenoxy) is 3. The Bertz CT molecular complexity index is 934. The van der Waals surface area contributed by atoms with E-state index in [-0.39, 0.29) is 23.5 Å². The highest BCUT2D eigenvalue weighted by Crippen LogP contribution is 2.16. The van der Waals surface area contributed by atoms with Crippen molar-refractivity contribution in [1.82, 2.24) is 0 Å². The molecule has 0 bridgehead atoms. The van der Waals surface area contributed by atoms with Crippen LogP contribution in [0, 0.1) is 0 Å². The monoisotopic (exact) mass is 443 g/mol. The van der Waals surface area contributed by atoms with Crippen molar-refractivity contribution in [2.75, 3.05) is 31.7 Å². The lowest BCUT2D eigenvalue weighted by Crippen LogP contribution is -2.24. The first kappa shape index (κ1) is 24.9. The van der Waals surface area contributed by atoms with E-state index < -0.39 is 11.6 Å². The number of carbonyl (C=O) groups is 3. The van der Waals surface area contributed by atoms with Gasteiger partial charge in [0.05, 0.1) is 25.2 Å². The molecular formula is C24H29NO7. The Morgan fingerprint density at radius 2 is 1.84 bits per heavy atom. The Labute approximate surface area is 187 Å². The molecule has 2 aromatic carbocycles. The van der Waals surface area contributed by atoms with Gasteiger partial charge in [-0.3, -0.25) is 9.59 Å². The fourth-order valence-corrected chi connectivity index (χ4v) is 2.84. The molecule has 172 valence electrons. The lowest BCUT2D eigenvalue weighted by molar-refractivity contribution is -0.153. The van der Waals surface area contributed by atoms with E-state index in [1.165, 1.54) is 12.1 Å². The van der Waals surface area contributed by atoms with Gasteiger partial charge in [-0.2, -0.15) is 0 Å². The third-order valence-corrected chi connectivity index (χ3v) is 4.15. The summed E-state index contributed by atoms with van der Waals surface area (Å²) in [4.78, 5) is 34.0. The molecule has 8 heteroatoms. The van der Waals surface area contributed by atoms with Gasteiger partial charge < -0.3 is 24.6 Å². The van der Waals surface area contributed by atoms with Crippen LogP contribution in [0.1, 0.15) is 47.1 Å². The van der Waals surface area contributed by atoms with Gasteiger partial charge in [-0.25, -0.2) is 4.79 Å². The number of esters is 1. The number of rotatable bonds is 12. The van der Waals surface area contributed by atoms with Gasteiger partial charge in [-0.1, -0.05) is 12.1 Å². The van der Waals surface area contributed by atoms with Gasteiger partial charge in [-0.05, 0) is 56.7 Å². The highest BCUT2D eigenvalue weighted by Gasteiger charge is 2.16. The van der Waals surface area contributed by atoms with Gasteiger partial charge in [0.15, 0.2) is 6.29 Å². The molecule has 0 radical (unpaired) electrons. The van der Waals surface area contributed by atoms with E-state index in [0.717, 1.165) is 5.56 Å². The van der Waals surface area contributed by atoms with Crippen molar-refractivity contribution in [3.05, 3.63) is 59.2 Å². The van der Waals surface area contributed by atoms with Crippen LogP contribution >= 0.6 is 0 Å². The number of nitrogens with one attached hydrogen (secondary N) is 1. The molecule has 0 saturated carbocycles. The molecule has 0 saturated heterocycles. The standard InChI is InChI=1S/C24H29NO7/c1-24(2,3)32-22(27)14-17-5-4-6-20(13-17)31-12-11-30-10-9-25-19-7-8-21(23(28)29)18(15-19)16-26/h4-8,13,15-16,25H,9-12,14H2,1-3H3,(H,28,29). The number of carboxylic acid groups (broad SMARTS) is 1. The van der Waals surface area contributed by atoms with Crippen LogP contribution in [0.5, 0.6) is 5.75 Å². The topological polar surface area (TPSA) is 111 Å². The number of carbonyl (C=O) groups excluding carboxylic acids is 2. The maximum atomic E-state index is 12.0. The van der Waals surface area contributed by atoms with Crippen molar-refractivity contribution in [3.8, 4) is 5.75 Å². The van der Waals surface area contributed by atoms with E-state index in [1.807, 2.05) is 39.0 Å². The Kier molecular flexibility index (Phi) is 9.22. The summed E-state index contributed by atoms with van der Waals surface area (Å²) in [7, 11) is 0. The Morgan fingerprint density at radius 1 is 1.06 bits per heavy atom. The predicted octanol–water partition coefficient (Wildman–Crippen LogP) is 3.59. The lowest BCUT2D eigenvalue weighted by Gasteiger charge is -2.19. The Morgan fingerprint density at radius 3 is 2.53 bits per heavy atom. The molecule has 0 aliphatic rings. The van der Waals surface area contributed by atoms with Gasteiger partial charge >= 0.3 is 11.9 Å². The molecule has 0 atom stereocenters. The predicted molar refractivity (Wildman–Crippen MR) is 120 cm³/mol. The second-order valence-electron chi connectivity index (χ2n) is 8.02. The van der Waals surface area contributed by atoms with Crippen LogP contribution in [0.2, 0.25) is 0 Å². The van der Waals surface area contributed by atoms with Crippen LogP contribution in [-0.2, 0) is 20.7 Å². The van der Waals surface area contributed by atoms with Gasteiger partial charge in [0.25, 0.3) is 0 Å². The highest BCUT2D eigenvalue weighted by atomic mass is 16.6. The number of hydrogen-bond donors (Lipinski definition) is 2. The van der Waals surface area contributed by atoms with Crippen molar-refractivity contribution in [2.24, 2.45) is 0 Å². The zero-order chi connectivity index (χ0) is 23.6. The molecule has 0 unspecified atom stereocenters. The normalized spacial score (nSPS) is 11.0. The molecule has 0 amide bonds. The first-order chi connectivity index (χ1) is 15.2. The van der Waals surface area contributed by atoms with Crippen molar-refractivity contribution in [2.45, 2.75) is 32.8 Å². The molecule has 0 aliphatic heterocycles. The van der Waals surface area contributed by atoms with Crippen LogP contribution in [0.15, 0.2) is 42.5 Å². The lowest BCUT2D eigenvalue weighted by atomic mass is 10.1. The van der Waals surface area contributed by atoms with Gasteiger partial charge in [-0.15, -0.1) is 0 Å². The van der Waals surface area contributed by atoms with Gasteiger partial charge in [0.2, 0.25) is 0 Å². The van der Waals surface area contributed by atoms with Crippen LogP contribution in [0.25, 0.3) is 0 Å². The first-order valence-electron chi connectivity index (χ1n) is 10.3. The summed E-state index contributed by atoms with van der Waals surface area (Å²) in [5.74, 6) is -0.784. The average Bonchev–Trinajstić information content (AvgIpc) is 2.71. The minimum absolute atomic E-state index is 0.0332. The molecule has 32 heavy (non-hydrogen) atoms. The first-order valence-corrected chi connectivity index (χ1v) is 10.3. The third-order valence-electron chi connectivity index (χ3n) is 4.15. The van der Waals surface area contributed by atoms with Crippen LogP contribution in [0.3, 0.4) is 0 Å². The van der Waals surface area contributed by atoms with Crippen LogP contribution in [0.4, 0.5) is 5.69 Å². The molecule has 0 spiro atoms. The zero-order valence-corrected chi connectivity index (χ0v) is 18.6. The molecule has 2 aromatic rings. The number of aldehydes is 1. The van der Waals surface area contributed by atoms with E-state index in [2.05, 4.69) is 5.32 Å². The summed E-state index contributed by atoms with van der Waals surface area (Å²) < 4.78 is 16.5. The SMILES string of the molecule is CC(C)(C)OC(=O)Cc1cccc(OCCOCCNc2ccc(C(=O)O)c(C=O)c2)c1.